The number of halogens is 1. The molecule has 0 fully saturated rings. The molecule has 0 aliphatic carbocycles. The number of rotatable bonds is 4. The molecule has 0 unspecified atom stereocenters. The van der Waals surface area contributed by atoms with Crippen LogP contribution in [-0.2, 0) is 16.0 Å². The van der Waals surface area contributed by atoms with Gasteiger partial charge in [0.15, 0.2) is 0 Å². The molecule has 0 N–H and O–H groups in total. The summed E-state index contributed by atoms with van der Waals surface area (Å²) in [5.41, 5.74) is 3.80. The monoisotopic (exact) mass is 308 g/mol. The second-order valence-corrected chi connectivity index (χ2v) is 5.42. The molecule has 3 rings (SSSR count). The van der Waals surface area contributed by atoms with Crippen LogP contribution in [-0.4, -0.2) is 12.6 Å². The van der Waals surface area contributed by atoms with E-state index in [1.807, 2.05) is 36.4 Å². The van der Waals surface area contributed by atoms with E-state index in [-0.39, 0.29) is 11.8 Å². The van der Waals surface area contributed by atoms with Gasteiger partial charge < -0.3 is 4.74 Å². The summed E-state index contributed by atoms with van der Waals surface area (Å²) < 4.78 is 18.0. The normalized spacial score (nSPS) is 14.7. The summed E-state index contributed by atoms with van der Waals surface area (Å²) >= 11 is 0. The zero-order chi connectivity index (χ0) is 16.1. The van der Waals surface area contributed by atoms with Gasteiger partial charge in [-0.3, -0.25) is 0 Å². The van der Waals surface area contributed by atoms with Crippen LogP contribution in [0.3, 0.4) is 0 Å². The van der Waals surface area contributed by atoms with Gasteiger partial charge in [-0.1, -0.05) is 48.6 Å². The van der Waals surface area contributed by atoms with Crippen LogP contribution in [0.5, 0.6) is 0 Å². The van der Waals surface area contributed by atoms with Gasteiger partial charge in [0, 0.05) is 6.42 Å². The van der Waals surface area contributed by atoms with Crippen molar-refractivity contribution in [2.24, 2.45) is 0 Å². The van der Waals surface area contributed by atoms with Crippen molar-refractivity contribution in [1.29, 1.82) is 0 Å². The topological polar surface area (TPSA) is 26.3 Å². The third-order valence-electron chi connectivity index (χ3n) is 3.76. The summed E-state index contributed by atoms with van der Waals surface area (Å²) in [7, 11) is 0. The highest BCUT2D eigenvalue weighted by Gasteiger charge is 2.11. The number of esters is 1. The molecule has 116 valence electrons. The van der Waals surface area contributed by atoms with Crippen LogP contribution in [0.1, 0.15) is 23.1 Å². The van der Waals surface area contributed by atoms with E-state index in [4.69, 9.17) is 4.74 Å². The van der Waals surface area contributed by atoms with E-state index >= 15 is 0 Å². The van der Waals surface area contributed by atoms with E-state index in [1.54, 1.807) is 18.2 Å². The quantitative estimate of drug-likeness (QED) is 0.787. The number of cyclic esters (lactones) is 1. The molecule has 2 aromatic carbocycles. The highest BCUT2D eigenvalue weighted by atomic mass is 19.1. The maximum atomic E-state index is 13.0. The number of hydrogen-bond acceptors (Lipinski definition) is 2. The Bertz CT molecular complexity index is 757. The maximum absolute atomic E-state index is 13.0. The van der Waals surface area contributed by atoms with E-state index in [1.165, 1.54) is 12.1 Å². The van der Waals surface area contributed by atoms with E-state index in [9.17, 15) is 9.18 Å². The lowest BCUT2D eigenvalue weighted by molar-refractivity contribution is -0.139. The largest absolute Gasteiger partial charge is 0.462 e. The highest BCUT2D eigenvalue weighted by Crippen LogP contribution is 2.18. The Kier molecular flexibility index (Phi) is 4.67. The molecule has 1 aliphatic heterocycles. The molecule has 0 saturated carbocycles. The molecule has 0 atom stereocenters. The van der Waals surface area contributed by atoms with Crippen LogP contribution >= 0.6 is 0 Å². The highest BCUT2D eigenvalue weighted by molar-refractivity contribution is 5.93. The molecule has 0 amide bonds. The average molecular weight is 308 g/mol. The number of carbonyl (C=O) groups excluding carboxylic acids is 1. The fourth-order valence-corrected chi connectivity index (χ4v) is 2.53. The number of carbonyl (C=O) groups is 1. The minimum atomic E-state index is -0.275. The third kappa shape index (κ3) is 3.95. The molecule has 2 nitrogen and oxygen atoms in total. The van der Waals surface area contributed by atoms with Crippen molar-refractivity contribution in [3.05, 3.63) is 88.8 Å². The van der Waals surface area contributed by atoms with Gasteiger partial charge in [-0.25, -0.2) is 9.18 Å². The molecular weight excluding hydrogens is 291 g/mol. The van der Waals surface area contributed by atoms with E-state index < -0.39 is 0 Å². The lowest BCUT2D eigenvalue weighted by atomic mass is 9.99. The molecule has 0 saturated heterocycles. The fraction of sp³-hybridized carbons (Fsp3) is 0.150. The SMILES string of the molecule is O=C1OCCC=C1/C=C/c1ccccc1Cc1ccc(F)cc1. The van der Waals surface area contributed by atoms with Gasteiger partial charge in [0.2, 0.25) is 0 Å². The van der Waals surface area contributed by atoms with Crippen molar-refractivity contribution >= 4 is 12.0 Å². The minimum absolute atomic E-state index is 0.232. The third-order valence-corrected chi connectivity index (χ3v) is 3.76. The Morgan fingerprint density at radius 3 is 2.61 bits per heavy atom. The molecule has 0 radical (unpaired) electrons. The second kappa shape index (κ2) is 7.05. The maximum Gasteiger partial charge on any atom is 0.337 e. The van der Waals surface area contributed by atoms with Crippen molar-refractivity contribution in [1.82, 2.24) is 0 Å². The number of hydrogen-bond donors (Lipinski definition) is 0. The zero-order valence-corrected chi connectivity index (χ0v) is 12.7. The fourth-order valence-electron chi connectivity index (χ4n) is 2.53. The van der Waals surface area contributed by atoms with Gasteiger partial charge in [0.1, 0.15) is 5.82 Å². The number of ether oxygens (including phenoxy) is 1. The Morgan fingerprint density at radius 1 is 1.04 bits per heavy atom. The van der Waals surface area contributed by atoms with Gasteiger partial charge in [0.05, 0.1) is 12.2 Å². The molecule has 0 spiro atoms. The summed E-state index contributed by atoms with van der Waals surface area (Å²) in [4.78, 5) is 11.6. The molecular formula is C20H17FO2. The van der Waals surface area contributed by atoms with Crippen molar-refractivity contribution in [2.75, 3.05) is 6.61 Å². The van der Waals surface area contributed by atoms with Crippen molar-refractivity contribution in [3.8, 4) is 0 Å². The van der Waals surface area contributed by atoms with Crippen LogP contribution in [0.4, 0.5) is 4.39 Å². The van der Waals surface area contributed by atoms with Crippen LogP contribution in [0.25, 0.3) is 6.08 Å². The van der Waals surface area contributed by atoms with Gasteiger partial charge in [-0.2, -0.15) is 0 Å². The van der Waals surface area contributed by atoms with Gasteiger partial charge in [-0.15, -0.1) is 0 Å². The summed E-state index contributed by atoms with van der Waals surface area (Å²) in [5, 5.41) is 0. The first-order chi connectivity index (χ1) is 11.2. The van der Waals surface area contributed by atoms with Gasteiger partial charge >= 0.3 is 5.97 Å². The van der Waals surface area contributed by atoms with E-state index in [0.717, 1.165) is 23.1 Å². The summed E-state index contributed by atoms with van der Waals surface area (Å²) in [6.45, 7) is 0.456. The summed E-state index contributed by atoms with van der Waals surface area (Å²) in [6, 6.07) is 14.5. The van der Waals surface area contributed by atoms with Crippen LogP contribution in [0.2, 0.25) is 0 Å². The van der Waals surface area contributed by atoms with Crippen molar-refractivity contribution in [3.63, 3.8) is 0 Å². The predicted octanol–water partition coefficient (Wildman–Crippen LogP) is 4.30. The van der Waals surface area contributed by atoms with E-state index in [0.29, 0.717) is 18.6 Å². The molecule has 3 heteroatoms. The van der Waals surface area contributed by atoms with Gasteiger partial charge in [-0.05, 0) is 41.3 Å². The Labute approximate surface area is 134 Å². The molecule has 1 aliphatic rings. The second-order valence-electron chi connectivity index (χ2n) is 5.42. The first-order valence-electron chi connectivity index (χ1n) is 7.60. The predicted molar refractivity (Wildman–Crippen MR) is 88.3 cm³/mol. The first-order valence-corrected chi connectivity index (χ1v) is 7.60. The van der Waals surface area contributed by atoms with Gasteiger partial charge in [0.25, 0.3) is 0 Å². The van der Waals surface area contributed by atoms with Crippen molar-refractivity contribution in [2.45, 2.75) is 12.8 Å². The van der Waals surface area contributed by atoms with Crippen molar-refractivity contribution < 1.29 is 13.9 Å². The van der Waals surface area contributed by atoms with Crippen LogP contribution in [0, 0.1) is 5.82 Å². The molecule has 0 bridgehead atoms. The lowest BCUT2D eigenvalue weighted by Crippen LogP contribution is -2.12. The standard InChI is InChI=1S/C20H17FO2/c21-19-11-7-15(8-12-19)14-18-5-2-1-4-16(18)9-10-17-6-3-13-23-20(17)22/h1-2,4-12H,3,13-14H2/b10-9+. The molecule has 2 aromatic rings. The molecule has 1 heterocycles. The molecule has 23 heavy (non-hydrogen) atoms. The Balaban J connectivity index is 1.81. The Hall–Kier alpha value is -2.68. The first kappa shape index (κ1) is 15.2. The number of benzene rings is 2. The zero-order valence-electron chi connectivity index (χ0n) is 12.7. The smallest absolute Gasteiger partial charge is 0.337 e. The van der Waals surface area contributed by atoms with E-state index in [2.05, 4.69) is 0 Å². The average Bonchev–Trinajstić information content (AvgIpc) is 2.57. The minimum Gasteiger partial charge on any atom is -0.462 e. The molecule has 0 aromatic heterocycles. The van der Waals surface area contributed by atoms with Crippen LogP contribution < -0.4 is 0 Å². The summed E-state index contributed by atoms with van der Waals surface area (Å²) in [6.07, 6.45) is 7.08. The lowest BCUT2D eigenvalue weighted by Gasteiger charge is -2.10. The van der Waals surface area contributed by atoms with Crippen LogP contribution in [0.15, 0.2) is 66.3 Å². The summed E-state index contributed by atoms with van der Waals surface area (Å²) in [5.74, 6) is -0.506. The Morgan fingerprint density at radius 2 is 1.83 bits per heavy atom.